The van der Waals surface area contributed by atoms with Crippen LogP contribution in [-0.2, 0) is 27.6 Å². The van der Waals surface area contributed by atoms with Gasteiger partial charge < -0.3 is 5.11 Å². The topological polar surface area (TPSA) is 89.3 Å². The largest absolute Gasteiger partial charge is 0.481 e. The van der Waals surface area contributed by atoms with Crippen molar-refractivity contribution >= 4 is 15.8 Å². The standard InChI is InChI=1S/C10H16N2O4S/c1-7-9(6-10(13)14)8(2)12(11-7)4-5-17(3,15)16/h4-6H2,1-3H3,(H,13,14). The lowest BCUT2D eigenvalue weighted by Gasteiger charge is -2.03. The molecule has 6 nitrogen and oxygen atoms in total. The zero-order valence-corrected chi connectivity index (χ0v) is 10.9. The molecule has 0 spiro atoms. The average molecular weight is 260 g/mol. The molecular formula is C10H16N2O4S. The van der Waals surface area contributed by atoms with Gasteiger partial charge in [0, 0.05) is 17.5 Å². The fourth-order valence-corrected chi connectivity index (χ4v) is 2.12. The van der Waals surface area contributed by atoms with Crippen LogP contribution in [0, 0.1) is 13.8 Å². The van der Waals surface area contributed by atoms with Crippen LogP contribution < -0.4 is 0 Å². The number of hydrogen-bond acceptors (Lipinski definition) is 4. The number of carbonyl (C=O) groups is 1. The van der Waals surface area contributed by atoms with Crippen LogP contribution in [0.4, 0.5) is 0 Å². The van der Waals surface area contributed by atoms with Gasteiger partial charge in [-0.05, 0) is 13.8 Å². The molecule has 0 amide bonds. The Morgan fingerprint density at radius 1 is 1.41 bits per heavy atom. The first-order valence-corrected chi connectivity index (χ1v) is 7.19. The van der Waals surface area contributed by atoms with Gasteiger partial charge in [0.15, 0.2) is 0 Å². The molecule has 17 heavy (non-hydrogen) atoms. The monoisotopic (exact) mass is 260 g/mol. The molecular weight excluding hydrogens is 244 g/mol. The molecule has 0 saturated heterocycles. The van der Waals surface area contributed by atoms with Crippen molar-refractivity contribution < 1.29 is 18.3 Å². The van der Waals surface area contributed by atoms with Gasteiger partial charge in [0.1, 0.15) is 9.84 Å². The fraction of sp³-hybridized carbons (Fsp3) is 0.600. The van der Waals surface area contributed by atoms with E-state index in [2.05, 4.69) is 5.10 Å². The molecule has 0 aliphatic heterocycles. The van der Waals surface area contributed by atoms with E-state index in [1.807, 2.05) is 0 Å². The molecule has 0 aromatic carbocycles. The summed E-state index contributed by atoms with van der Waals surface area (Å²) in [6.45, 7) is 3.73. The highest BCUT2D eigenvalue weighted by Crippen LogP contribution is 2.13. The minimum Gasteiger partial charge on any atom is -0.481 e. The van der Waals surface area contributed by atoms with E-state index in [0.717, 1.165) is 6.26 Å². The number of sulfone groups is 1. The predicted molar refractivity (Wildman–Crippen MR) is 62.8 cm³/mol. The van der Waals surface area contributed by atoms with Crippen molar-refractivity contribution in [2.45, 2.75) is 26.8 Å². The highest BCUT2D eigenvalue weighted by atomic mass is 32.2. The molecule has 0 aliphatic carbocycles. The summed E-state index contributed by atoms with van der Waals surface area (Å²) in [5.74, 6) is -0.916. The molecule has 96 valence electrons. The van der Waals surface area contributed by atoms with E-state index in [-0.39, 0.29) is 18.7 Å². The number of carboxylic acid groups (broad SMARTS) is 1. The third-order valence-electron chi connectivity index (χ3n) is 2.53. The Kier molecular flexibility index (Phi) is 3.92. The second-order valence-electron chi connectivity index (χ2n) is 4.07. The number of hydrogen-bond donors (Lipinski definition) is 1. The van der Waals surface area contributed by atoms with Crippen molar-refractivity contribution in [3.05, 3.63) is 17.0 Å². The maximum Gasteiger partial charge on any atom is 0.307 e. The van der Waals surface area contributed by atoms with E-state index in [4.69, 9.17) is 5.11 Å². The molecule has 1 aromatic rings. The number of aliphatic carboxylic acids is 1. The van der Waals surface area contributed by atoms with Crippen LogP contribution in [0.15, 0.2) is 0 Å². The highest BCUT2D eigenvalue weighted by molar-refractivity contribution is 7.90. The predicted octanol–water partition coefficient (Wildman–Crippen LogP) is 0.172. The van der Waals surface area contributed by atoms with Crippen LogP contribution in [0.3, 0.4) is 0 Å². The Morgan fingerprint density at radius 2 is 2.00 bits per heavy atom. The Morgan fingerprint density at radius 3 is 2.47 bits per heavy atom. The summed E-state index contributed by atoms with van der Waals surface area (Å²) in [7, 11) is -3.04. The Labute approximate surface area is 100 Å². The van der Waals surface area contributed by atoms with Gasteiger partial charge in [-0.25, -0.2) is 8.42 Å². The molecule has 1 heterocycles. The maximum atomic E-state index is 11.1. The van der Waals surface area contributed by atoms with Crippen molar-refractivity contribution in [2.75, 3.05) is 12.0 Å². The van der Waals surface area contributed by atoms with Gasteiger partial charge >= 0.3 is 5.97 Å². The molecule has 0 atom stereocenters. The van der Waals surface area contributed by atoms with Crippen LogP contribution in [0.2, 0.25) is 0 Å². The molecule has 1 N–H and O–H groups in total. The van der Waals surface area contributed by atoms with Gasteiger partial charge in [-0.15, -0.1) is 0 Å². The lowest BCUT2D eigenvalue weighted by atomic mass is 10.1. The zero-order chi connectivity index (χ0) is 13.2. The van der Waals surface area contributed by atoms with Crippen molar-refractivity contribution in [1.82, 2.24) is 9.78 Å². The first-order chi connectivity index (χ1) is 7.70. The first-order valence-electron chi connectivity index (χ1n) is 5.13. The molecule has 0 saturated carbocycles. The van der Waals surface area contributed by atoms with E-state index < -0.39 is 15.8 Å². The molecule has 0 unspecified atom stereocenters. The van der Waals surface area contributed by atoms with Crippen molar-refractivity contribution in [2.24, 2.45) is 0 Å². The summed E-state index contributed by atoms with van der Waals surface area (Å²) >= 11 is 0. The van der Waals surface area contributed by atoms with Crippen molar-refractivity contribution in [3.63, 3.8) is 0 Å². The third kappa shape index (κ3) is 3.85. The smallest absolute Gasteiger partial charge is 0.307 e. The highest BCUT2D eigenvalue weighted by Gasteiger charge is 2.15. The van der Waals surface area contributed by atoms with Crippen LogP contribution in [0.1, 0.15) is 17.0 Å². The van der Waals surface area contributed by atoms with Gasteiger partial charge in [-0.2, -0.15) is 5.10 Å². The van der Waals surface area contributed by atoms with E-state index >= 15 is 0 Å². The lowest BCUT2D eigenvalue weighted by molar-refractivity contribution is -0.136. The summed E-state index contributed by atoms with van der Waals surface area (Å²) < 4.78 is 23.7. The van der Waals surface area contributed by atoms with Crippen LogP contribution >= 0.6 is 0 Å². The molecule has 0 fully saturated rings. The van der Waals surface area contributed by atoms with Gasteiger partial charge in [-0.3, -0.25) is 9.48 Å². The Balaban J connectivity index is 2.92. The molecule has 0 bridgehead atoms. The fourth-order valence-electron chi connectivity index (χ4n) is 1.61. The molecule has 0 radical (unpaired) electrons. The summed E-state index contributed by atoms with van der Waals surface area (Å²) in [5, 5.41) is 12.9. The van der Waals surface area contributed by atoms with Gasteiger partial charge in [0.25, 0.3) is 0 Å². The number of nitrogens with zero attached hydrogens (tertiary/aromatic N) is 2. The van der Waals surface area contributed by atoms with Gasteiger partial charge in [0.2, 0.25) is 0 Å². The minimum absolute atomic E-state index is 0.00146. The Bertz CT molecular complexity index is 531. The van der Waals surface area contributed by atoms with Crippen molar-refractivity contribution in [3.8, 4) is 0 Å². The minimum atomic E-state index is -3.04. The summed E-state index contributed by atoms with van der Waals surface area (Å²) in [5.41, 5.74) is 2.01. The molecule has 0 aliphatic rings. The summed E-state index contributed by atoms with van der Waals surface area (Å²) in [6.07, 6.45) is 1.08. The quantitative estimate of drug-likeness (QED) is 0.815. The van der Waals surface area contributed by atoms with E-state index in [1.54, 1.807) is 18.5 Å². The second-order valence-corrected chi connectivity index (χ2v) is 6.33. The normalized spacial score (nSPS) is 11.7. The lowest BCUT2D eigenvalue weighted by Crippen LogP contribution is -2.13. The second kappa shape index (κ2) is 4.87. The molecule has 1 aromatic heterocycles. The SMILES string of the molecule is Cc1nn(CCS(C)(=O)=O)c(C)c1CC(=O)O. The molecule has 7 heteroatoms. The van der Waals surface area contributed by atoms with Gasteiger partial charge in [-0.1, -0.05) is 0 Å². The summed E-state index contributed by atoms with van der Waals surface area (Å²) in [4.78, 5) is 10.7. The number of aryl methyl sites for hydroxylation is 2. The van der Waals surface area contributed by atoms with Crippen LogP contribution in [0.25, 0.3) is 0 Å². The van der Waals surface area contributed by atoms with E-state index in [1.165, 1.54) is 0 Å². The van der Waals surface area contributed by atoms with Crippen molar-refractivity contribution in [1.29, 1.82) is 0 Å². The van der Waals surface area contributed by atoms with Crippen LogP contribution in [-0.4, -0.2) is 41.3 Å². The zero-order valence-electron chi connectivity index (χ0n) is 10.1. The van der Waals surface area contributed by atoms with Crippen LogP contribution in [0.5, 0.6) is 0 Å². The van der Waals surface area contributed by atoms with Gasteiger partial charge in [0.05, 0.1) is 24.4 Å². The maximum absolute atomic E-state index is 11.1. The molecule has 1 rings (SSSR count). The third-order valence-corrected chi connectivity index (χ3v) is 3.46. The Hall–Kier alpha value is -1.37. The number of aromatic nitrogens is 2. The van der Waals surface area contributed by atoms with E-state index in [9.17, 15) is 13.2 Å². The summed E-state index contributed by atoms with van der Waals surface area (Å²) in [6, 6.07) is 0. The number of carboxylic acids is 1. The van der Waals surface area contributed by atoms with E-state index in [0.29, 0.717) is 17.0 Å². The number of rotatable bonds is 5. The average Bonchev–Trinajstić information content (AvgIpc) is 2.41. The first kappa shape index (κ1) is 13.7.